The lowest BCUT2D eigenvalue weighted by Gasteiger charge is -2.24. The van der Waals surface area contributed by atoms with Gasteiger partial charge in [-0.25, -0.2) is 0 Å². The summed E-state index contributed by atoms with van der Waals surface area (Å²) < 4.78 is 5.49. The van der Waals surface area contributed by atoms with Crippen molar-refractivity contribution in [3.05, 3.63) is 35.9 Å². The van der Waals surface area contributed by atoms with Crippen LogP contribution in [-0.4, -0.2) is 37.1 Å². The van der Waals surface area contributed by atoms with Crippen LogP contribution in [0.5, 0.6) is 0 Å². The average molecular weight is 260 g/mol. The summed E-state index contributed by atoms with van der Waals surface area (Å²) in [6.07, 6.45) is 2.11. The second kappa shape index (κ2) is 4.94. The molecule has 2 aliphatic rings. The second-order valence-corrected chi connectivity index (χ2v) is 5.70. The van der Waals surface area contributed by atoms with E-state index in [1.54, 1.807) is 0 Å². The SMILES string of the molecule is NC(C(=O)N1CCC2(CCOC2)C1)c1ccccc1. The highest BCUT2D eigenvalue weighted by molar-refractivity contribution is 5.83. The van der Waals surface area contributed by atoms with Crippen molar-refractivity contribution in [1.29, 1.82) is 0 Å². The number of amides is 1. The minimum absolute atomic E-state index is 0.0370. The van der Waals surface area contributed by atoms with Gasteiger partial charge in [0, 0.05) is 25.1 Å². The number of nitrogens with two attached hydrogens (primary N) is 1. The van der Waals surface area contributed by atoms with Gasteiger partial charge in [0.05, 0.1) is 6.61 Å². The molecule has 4 nitrogen and oxygen atoms in total. The number of carbonyl (C=O) groups excluding carboxylic acids is 1. The van der Waals surface area contributed by atoms with Crippen molar-refractivity contribution in [2.24, 2.45) is 11.1 Å². The Morgan fingerprint density at radius 3 is 2.79 bits per heavy atom. The summed E-state index contributed by atoms with van der Waals surface area (Å²) in [7, 11) is 0. The molecule has 2 N–H and O–H groups in total. The maximum Gasteiger partial charge on any atom is 0.244 e. The number of rotatable bonds is 2. The van der Waals surface area contributed by atoms with E-state index in [4.69, 9.17) is 10.5 Å². The van der Waals surface area contributed by atoms with Crippen LogP contribution in [-0.2, 0) is 9.53 Å². The highest BCUT2D eigenvalue weighted by atomic mass is 16.5. The summed E-state index contributed by atoms with van der Waals surface area (Å²) in [5.41, 5.74) is 7.17. The quantitative estimate of drug-likeness (QED) is 0.872. The van der Waals surface area contributed by atoms with Crippen LogP contribution >= 0.6 is 0 Å². The molecule has 102 valence electrons. The molecular formula is C15H20N2O2. The molecule has 0 radical (unpaired) electrons. The molecule has 3 rings (SSSR count). The molecule has 0 bridgehead atoms. The van der Waals surface area contributed by atoms with E-state index in [9.17, 15) is 4.79 Å². The van der Waals surface area contributed by atoms with Crippen molar-refractivity contribution < 1.29 is 9.53 Å². The van der Waals surface area contributed by atoms with Crippen molar-refractivity contribution in [3.8, 4) is 0 Å². The molecule has 0 saturated carbocycles. The molecule has 1 amide bonds. The van der Waals surface area contributed by atoms with Gasteiger partial charge in [0.1, 0.15) is 6.04 Å². The third kappa shape index (κ3) is 2.38. The number of nitrogens with zero attached hydrogens (tertiary/aromatic N) is 1. The molecule has 2 aliphatic heterocycles. The first kappa shape index (κ1) is 12.6. The van der Waals surface area contributed by atoms with Gasteiger partial charge in [-0.05, 0) is 18.4 Å². The van der Waals surface area contributed by atoms with Crippen molar-refractivity contribution in [2.75, 3.05) is 26.3 Å². The molecule has 2 fully saturated rings. The Kier molecular flexibility index (Phi) is 3.29. The summed E-state index contributed by atoms with van der Waals surface area (Å²) in [6.45, 7) is 3.22. The van der Waals surface area contributed by atoms with E-state index in [0.29, 0.717) is 0 Å². The van der Waals surface area contributed by atoms with Crippen LogP contribution in [0.4, 0.5) is 0 Å². The molecule has 1 spiro atoms. The van der Waals surface area contributed by atoms with Crippen molar-refractivity contribution in [1.82, 2.24) is 4.90 Å². The molecule has 2 atom stereocenters. The summed E-state index contributed by atoms with van der Waals surface area (Å²) >= 11 is 0. The van der Waals surface area contributed by atoms with Crippen LogP contribution < -0.4 is 5.73 Å². The van der Waals surface area contributed by atoms with Crippen LogP contribution in [0, 0.1) is 5.41 Å². The molecule has 1 aromatic rings. The Morgan fingerprint density at radius 2 is 2.11 bits per heavy atom. The van der Waals surface area contributed by atoms with Gasteiger partial charge >= 0.3 is 0 Å². The Hall–Kier alpha value is -1.39. The molecule has 2 saturated heterocycles. The first-order valence-corrected chi connectivity index (χ1v) is 6.87. The monoisotopic (exact) mass is 260 g/mol. The lowest BCUT2D eigenvalue weighted by atomic mass is 9.87. The zero-order chi connectivity index (χ0) is 13.3. The summed E-state index contributed by atoms with van der Waals surface area (Å²) in [5, 5.41) is 0. The third-order valence-corrected chi connectivity index (χ3v) is 4.36. The van der Waals surface area contributed by atoms with Gasteiger partial charge in [0.15, 0.2) is 0 Å². The molecule has 0 aliphatic carbocycles. The maximum absolute atomic E-state index is 12.4. The van der Waals surface area contributed by atoms with Gasteiger partial charge in [-0.3, -0.25) is 4.79 Å². The number of hydrogen-bond acceptors (Lipinski definition) is 3. The van der Waals surface area contributed by atoms with Gasteiger partial charge < -0.3 is 15.4 Å². The normalized spacial score (nSPS) is 27.9. The Balaban J connectivity index is 1.68. The molecular weight excluding hydrogens is 240 g/mol. The van der Waals surface area contributed by atoms with Crippen LogP contribution in [0.15, 0.2) is 30.3 Å². The fourth-order valence-electron chi connectivity index (χ4n) is 3.09. The second-order valence-electron chi connectivity index (χ2n) is 5.70. The minimum atomic E-state index is -0.543. The Labute approximate surface area is 113 Å². The smallest absolute Gasteiger partial charge is 0.244 e. The minimum Gasteiger partial charge on any atom is -0.381 e. The number of benzene rings is 1. The maximum atomic E-state index is 12.4. The van der Waals surface area contributed by atoms with Crippen LogP contribution in [0.2, 0.25) is 0 Å². The first-order chi connectivity index (χ1) is 9.20. The average Bonchev–Trinajstić information content (AvgIpc) is 3.09. The van der Waals surface area contributed by atoms with E-state index in [1.807, 2.05) is 35.2 Å². The van der Waals surface area contributed by atoms with Crippen molar-refractivity contribution in [2.45, 2.75) is 18.9 Å². The van der Waals surface area contributed by atoms with E-state index < -0.39 is 6.04 Å². The Bertz CT molecular complexity index is 454. The van der Waals surface area contributed by atoms with Gasteiger partial charge in [-0.15, -0.1) is 0 Å². The van der Waals surface area contributed by atoms with Gasteiger partial charge in [0.2, 0.25) is 5.91 Å². The van der Waals surface area contributed by atoms with Gasteiger partial charge in [-0.2, -0.15) is 0 Å². The number of carbonyl (C=O) groups is 1. The fraction of sp³-hybridized carbons (Fsp3) is 0.533. The predicted molar refractivity (Wildman–Crippen MR) is 72.4 cm³/mol. The van der Waals surface area contributed by atoms with Crippen LogP contribution in [0.25, 0.3) is 0 Å². The third-order valence-electron chi connectivity index (χ3n) is 4.36. The first-order valence-electron chi connectivity index (χ1n) is 6.87. The van der Waals surface area contributed by atoms with E-state index in [2.05, 4.69) is 0 Å². The summed E-state index contributed by atoms with van der Waals surface area (Å²) in [4.78, 5) is 14.4. The van der Waals surface area contributed by atoms with Crippen molar-refractivity contribution in [3.63, 3.8) is 0 Å². The van der Waals surface area contributed by atoms with E-state index >= 15 is 0 Å². The zero-order valence-corrected chi connectivity index (χ0v) is 11.0. The molecule has 2 heterocycles. The highest BCUT2D eigenvalue weighted by Crippen LogP contribution is 2.38. The van der Waals surface area contributed by atoms with Gasteiger partial charge in [0.25, 0.3) is 0 Å². The molecule has 2 unspecified atom stereocenters. The zero-order valence-electron chi connectivity index (χ0n) is 11.0. The standard InChI is InChI=1S/C15H20N2O2/c16-13(12-4-2-1-3-5-12)14(18)17-8-6-15(10-17)7-9-19-11-15/h1-5,13H,6-11,16H2. The van der Waals surface area contributed by atoms with Crippen LogP contribution in [0.1, 0.15) is 24.4 Å². The number of ether oxygens (including phenoxy) is 1. The summed E-state index contributed by atoms with van der Waals surface area (Å²) in [5.74, 6) is 0.0370. The highest BCUT2D eigenvalue weighted by Gasteiger charge is 2.43. The van der Waals surface area contributed by atoms with Gasteiger partial charge in [-0.1, -0.05) is 30.3 Å². The molecule has 4 heteroatoms. The lowest BCUT2D eigenvalue weighted by molar-refractivity contribution is -0.132. The van der Waals surface area contributed by atoms with E-state index in [1.165, 1.54) is 0 Å². The van der Waals surface area contributed by atoms with E-state index in [0.717, 1.165) is 44.7 Å². The summed E-state index contributed by atoms with van der Waals surface area (Å²) in [6, 6.07) is 9.04. The Morgan fingerprint density at radius 1 is 1.32 bits per heavy atom. The molecule has 0 aromatic heterocycles. The fourth-order valence-corrected chi connectivity index (χ4v) is 3.09. The topological polar surface area (TPSA) is 55.6 Å². The predicted octanol–water partition coefficient (Wildman–Crippen LogP) is 1.33. The molecule has 1 aromatic carbocycles. The number of hydrogen-bond donors (Lipinski definition) is 1. The molecule has 19 heavy (non-hydrogen) atoms. The lowest BCUT2D eigenvalue weighted by Crippen LogP contribution is -2.38. The van der Waals surface area contributed by atoms with E-state index in [-0.39, 0.29) is 11.3 Å². The largest absolute Gasteiger partial charge is 0.381 e. The number of likely N-dealkylation sites (tertiary alicyclic amines) is 1. The van der Waals surface area contributed by atoms with Crippen LogP contribution in [0.3, 0.4) is 0 Å². The van der Waals surface area contributed by atoms with Crippen molar-refractivity contribution >= 4 is 5.91 Å².